The zero-order chi connectivity index (χ0) is 21.4. The number of carbonyl (C=O) groups is 1. The first-order chi connectivity index (χ1) is 15.1. The summed E-state index contributed by atoms with van der Waals surface area (Å²) < 4.78 is 4.62. The Hall–Kier alpha value is -4.05. The molecule has 0 aliphatic heterocycles. The fraction of sp³-hybridized carbons (Fsp3) is 0.0952. The summed E-state index contributed by atoms with van der Waals surface area (Å²) >= 11 is 1.54. The van der Waals surface area contributed by atoms with E-state index in [9.17, 15) is 9.59 Å². The van der Waals surface area contributed by atoms with Gasteiger partial charge in [-0.05, 0) is 25.1 Å². The maximum absolute atomic E-state index is 13.0. The van der Waals surface area contributed by atoms with Gasteiger partial charge in [-0.2, -0.15) is 5.10 Å². The standard InChI is InChI=1S/C21H17N7O2S/c1-14(28-19(29)8-7-18(25-28)27-10-4-9-22-27)20(30)23-16-6-3-2-5-15(16)17-13-26-11-12-31-21(26)24-17/h2-14H,1H3,(H,23,30)/t14-/m1/s1. The van der Waals surface area contributed by atoms with Crippen molar-refractivity contribution in [2.24, 2.45) is 0 Å². The molecule has 5 aromatic rings. The highest BCUT2D eigenvalue weighted by Gasteiger charge is 2.20. The van der Waals surface area contributed by atoms with Crippen LogP contribution in [0.1, 0.15) is 13.0 Å². The highest BCUT2D eigenvalue weighted by molar-refractivity contribution is 7.15. The minimum atomic E-state index is -0.832. The molecule has 0 radical (unpaired) electrons. The van der Waals surface area contributed by atoms with E-state index in [2.05, 4.69) is 20.5 Å². The monoisotopic (exact) mass is 431 g/mol. The van der Waals surface area contributed by atoms with Crippen LogP contribution in [0.5, 0.6) is 0 Å². The van der Waals surface area contributed by atoms with Gasteiger partial charge in [0.1, 0.15) is 6.04 Å². The number of carbonyl (C=O) groups excluding carboxylic acids is 1. The van der Waals surface area contributed by atoms with Crippen molar-refractivity contribution in [1.82, 2.24) is 28.9 Å². The molecule has 9 nitrogen and oxygen atoms in total. The summed E-state index contributed by atoms with van der Waals surface area (Å²) in [6.45, 7) is 1.63. The van der Waals surface area contributed by atoms with Crippen LogP contribution in [0.25, 0.3) is 22.0 Å². The largest absolute Gasteiger partial charge is 0.324 e. The van der Waals surface area contributed by atoms with Crippen molar-refractivity contribution in [3.05, 3.63) is 83.0 Å². The second kappa shape index (κ2) is 7.65. The van der Waals surface area contributed by atoms with Crippen LogP contribution >= 0.6 is 11.3 Å². The van der Waals surface area contributed by atoms with Crippen LogP contribution in [0, 0.1) is 0 Å². The molecule has 1 amide bonds. The second-order valence-corrected chi connectivity index (χ2v) is 7.73. The lowest BCUT2D eigenvalue weighted by atomic mass is 10.1. The maximum atomic E-state index is 13.0. The van der Waals surface area contributed by atoms with Crippen LogP contribution in [0.2, 0.25) is 0 Å². The third-order valence-corrected chi connectivity index (χ3v) is 5.62. The molecule has 4 heterocycles. The number of anilines is 1. The van der Waals surface area contributed by atoms with Crippen LogP contribution in [0.3, 0.4) is 0 Å². The SMILES string of the molecule is C[C@H](C(=O)Nc1ccccc1-c1cn2ccsc2n1)n1nc(-n2cccn2)ccc1=O. The van der Waals surface area contributed by atoms with Gasteiger partial charge in [-0.3, -0.25) is 14.0 Å². The Kier molecular flexibility index (Phi) is 4.68. The lowest BCUT2D eigenvalue weighted by Crippen LogP contribution is -2.33. The van der Waals surface area contributed by atoms with Crippen molar-refractivity contribution in [2.45, 2.75) is 13.0 Å². The van der Waals surface area contributed by atoms with E-state index in [4.69, 9.17) is 0 Å². The van der Waals surface area contributed by atoms with Gasteiger partial charge in [-0.25, -0.2) is 14.3 Å². The van der Waals surface area contributed by atoms with Crippen molar-refractivity contribution in [3.8, 4) is 17.1 Å². The van der Waals surface area contributed by atoms with Gasteiger partial charge in [-0.15, -0.1) is 16.4 Å². The molecule has 0 saturated heterocycles. The predicted molar refractivity (Wildman–Crippen MR) is 117 cm³/mol. The van der Waals surface area contributed by atoms with Gasteiger partial charge in [0.15, 0.2) is 10.8 Å². The Morgan fingerprint density at radius 2 is 2.00 bits per heavy atom. The van der Waals surface area contributed by atoms with Crippen molar-refractivity contribution in [2.75, 3.05) is 5.32 Å². The van der Waals surface area contributed by atoms with Gasteiger partial charge < -0.3 is 5.32 Å². The molecule has 10 heteroatoms. The number of imidazole rings is 1. The Balaban J connectivity index is 1.44. The molecule has 1 N–H and O–H groups in total. The average Bonchev–Trinajstić information content (AvgIpc) is 3.52. The highest BCUT2D eigenvalue weighted by atomic mass is 32.1. The van der Waals surface area contributed by atoms with Crippen LogP contribution in [0.4, 0.5) is 5.69 Å². The Morgan fingerprint density at radius 1 is 1.13 bits per heavy atom. The van der Waals surface area contributed by atoms with Crippen LogP contribution in [0.15, 0.2) is 77.4 Å². The number of rotatable bonds is 5. The Bertz CT molecular complexity index is 1400. The van der Waals surface area contributed by atoms with Crippen molar-refractivity contribution < 1.29 is 4.79 Å². The van der Waals surface area contributed by atoms with E-state index < -0.39 is 6.04 Å². The van der Waals surface area contributed by atoms with Gasteiger partial charge in [0, 0.05) is 41.8 Å². The molecule has 1 atom stereocenters. The molecule has 0 aliphatic carbocycles. The van der Waals surface area contributed by atoms with Gasteiger partial charge in [0.25, 0.3) is 5.56 Å². The zero-order valence-corrected chi connectivity index (χ0v) is 17.2. The molecule has 1 aromatic carbocycles. The van der Waals surface area contributed by atoms with Crippen molar-refractivity contribution in [3.63, 3.8) is 0 Å². The number of aromatic nitrogens is 6. The quantitative estimate of drug-likeness (QED) is 0.461. The molecule has 0 bridgehead atoms. The smallest absolute Gasteiger partial charge is 0.267 e. The number of amides is 1. The summed E-state index contributed by atoms with van der Waals surface area (Å²) in [5, 5.41) is 13.3. The zero-order valence-electron chi connectivity index (χ0n) is 16.4. The van der Waals surface area contributed by atoms with E-state index in [1.54, 1.807) is 31.5 Å². The normalized spacial score (nSPS) is 12.2. The number of hydrogen-bond donors (Lipinski definition) is 1. The van der Waals surface area contributed by atoms with E-state index in [0.717, 1.165) is 20.9 Å². The second-order valence-electron chi connectivity index (χ2n) is 6.85. The van der Waals surface area contributed by atoms with Gasteiger partial charge >= 0.3 is 0 Å². The molecule has 4 aromatic heterocycles. The van der Waals surface area contributed by atoms with Gasteiger partial charge in [0.2, 0.25) is 5.91 Å². The fourth-order valence-electron chi connectivity index (χ4n) is 3.24. The summed E-state index contributed by atoms with van der Waals surface area (Å²) in [6, 6.07) is 11.3. The minimum Gasteiger partial charge on any atom is -0.324 e. The van der Waals surface area contributed by atoms with Crippen molar-refractivity contribution in [1.29, 1.82) is 0 Å². The molecular formula is C21H17N7O2S. The number of hydrogen-bond acceptors (Lipinski definition) is 6. The summed E-state index contributed by atoms with van der Waals surface area (Å²) in [6.07, 6.45) is 7.18. The molecule has 5 rings (SSSR count). The Morgan fingerprint density at radius 3 is 2.81 bits per heavy atom. The summed E-state index contributed by atoms with van der Waals surface area (Å²) in [7, 11) is 0. The molecule has 0 unspecified atom stereocenters. The molecule has 0 saturated carbocycles. The molecule has 0 spiro atoms. The summed E-state index contributed by atoms with van der Waals surface area (Å²) in [5.74, 6) is 0.0865. The third-order valence-electron chi connectivity index (χ3n) is 4.85. The van der Waals surface area contributed by atoms with E-state index in [1.165, 1.54) is 22.1 Å². The van der Waals surface area contributed by atoms with Gasteiger partial charge in [0.05, 0.1) is 11.4 Å². The topological polar surface area (TPSA) is 99.1 Å². The van der Waals surface area contributed by atoms with Crippen molar-refractivity contribution >= 4 is 27.9 Å². The molecule has 31 heavy (non-hydrogen) atoms. The first-order valence-corrected chi connectivity index (χ1v) is 10.4. The first-order valence-electron chi connectivity index (χ1n) is 9.52. The van der Waals surface area contributed by atoms with E-state index >= 15 is 0 Å². The van der Waals surface area contributed by atoms with Crippen LogP contribution in [-0.2, 0) is 4.79 Å². The molecule has 0 fully saturated rings. The summed E-state index contributed by atoms with van der Waals surface area (Å²) in [4.78, 5) is 30.9. The number of nitrogens with one attached hydrogen (secondary N) is 1. The lowest BCUT2D eigenvalue weighted by molar-refractivity contribution is -0.119. The highest BCUT2D eigenvalue weighted by Crippen LogP contribution is 2.29. The first kappa shape index (κ1) is 18.9. The lowest BCUT2D eigenvalue weighted by Gasteiger charge is -2.16. The molecule has 154 valence electrons. The number of fused-ring (bicyclic) bond motifs is 1. The minimum absolute atomic E-state index is 0.360. The molecule has 0 aliphatic rings. The molecular weight excluding hydrogens is 414 g/mol. The maximum Gasteiger partial charge on any atom is 0.267 e. The van der Waals surface area contributed by atoms with E-state index in [-0.39, 0.29) is 11.5 Å². The fourth-order valence-corrected chi connectivity index (χ4v) is 3.94. The third kappa shape index (κ3) is 3.53. The summed E-state index contributed by atoms with van der Waals surface area (Å²) in [5.41, 5.74) is 1.79. The number of para-hydroxylation sites is 1. The van der Waals surface area contributed by atoms with Crippen LogP contribution in [-0.4, -0.2) is 34.9 Å². The number of thiazole rings is 1. The van der Waals surface area contributed by atoms with E-state index in [1.807, 2.05) is 46.4 Å². The average molecular weight is 431 g/mol. The van der Waals surface area contributed by atoms with Crippen LogP contribution < -0.4 is 10.9 Å². The van der Waals surface area contributed by atoms with E-state index in [0.29, 0.717) is 11.5 Å². The van der Waals surface area contributed by atoms with Gasteiger partial charge in [-0.1, -0.05) is 18.2 Å². The number of nitrogens with zero attached hydrogens (tertiary/aromatic N) is 6. The predicted octanol–water partition coefficient (Wildman–Crippen LogP) is 3.00. The Labute approximate surface area is 180 Å². The number of benzene rings is 1.